The lowest BCUT2D eigenvalue weighted by atomic mass is 9.93. The third-order valence-electron chi connectivity index (χ3n) is 5.81. The van der Waals surface area contributed by atoms with E-state index < -0.39 is 5.97 Å². The second-order valence-corrected chi connectivity index (χ2v) is 11.3. The van der Waals surface area contributed by atoms with Crippen LogP contribution < -0.4 is 15.5 Å². The van der Waals surface area contributed by atoms with Crippen molar-refractivity contribution < 1.29 is 19.1 Å². The number of nitrogens with one attached hydrogen (secondary N) is 2. The third kappa shape index (κ3) is 8.64. The second kappa shape index (κ2) is 14.1. The average molecular weight is 624 g/mol. The SMILES string of the molecule is CCNc1nc(Cl)nc(NC(C)(C)C)n1.CCOC(=O)/C(Cl)=C/c1cc(N2C(=O)C3=C(CCCC3)C2=O)ccc1Cl. The number of carbonyl (C=O) groups excluding carboxylic acids is 3. The normalized spacial score (nSPS) is 15.3. The van der Waals surface area contributed by atoms with E-state index in [-0.39, 0.29) is 34.3 Å². The Labute approximate surface area is 254 Å². The maximum atomic E-state index is 12.7. The van der Waals surface area contributed by atoms with E-state index in [9.17, 15) is 14.4 Å². The van der Waals surface area contributed by atoms with E-state index in [1.807, 2.05) is 27.7 Å². The molecule has 0 unspecified atom stereocenters. The van der Waals surface area contributed by atoms with Gasteiger partial charge in [-0.05, 0) is 102 Å². The number of amides is 2. The number of nitrogens with zero attached hydrogens (tertiary/aromatic N) is 4. The Bertz CT molecular complexity index is 1360. The highest BCUT2D eigenvalue weighted by atomic mass is 35.5. The zero-order chi connectivity index (χ0) is 30.3. The first kappa shape index (κ1) is 32.3. The summed E-state index contributed by atoms with van der Waals surface area (Å²) in [6.45, 7) is 10.7. The summed E-state index contributed by atoms with van der Waals surface area (Å²) in [5, 5.41) is 6.51. The molecule has 4 rings (SSSR count). The zero-order valence-electron chi connectivity index (χ0n) is 23.6. The summed E-state index contributed by atoms with van der Waals surface area (Å²) in [5.41, 5.74) is 1.94. The molecular formula is C28H33Cl3N6O4. The lowest BCUT2D eigenvalue weighted by Crippen LogP contribution is -2.31. The van der Waals surface area contributed by atoms with Gasteiger partial charge in [-0.1, -0.05) is 23.2 Å². The van der Waals surface area contributed by atoms with Gasteiger partial charge >= 0.3 is 5.97 Å². The molecule has 0 saturated heterocycles. The molecule has 0 atom stereocenters. The fourth-order valence-corrected chi connectivity index (χ4v) is 4.63. The van der Waals surface area contributed by atoms with Crippen molar-refractivity contribution in [2.75, 3.05) is 28.7 Å². The van der Waals surface area contributed by atoms with Crippen LogP contribution in [0.15, 0.2) is 34.4 Å². The lowest BCUT2D eigenvalue weighted by Gasteiger charge is -2.20. The lowest BCUT2D eigenvalue weighted by molar-refractivity contribution is -0.137. The van der Waals surface area contributed by atoms with E-state index in [4.69, 9.17) is 39.5 Å². The highest BCUT2D eigenvalue weighted by Crippen LogP contribution is 2.37. The molecular weight excluding hydrogens is 591 g/mol. The zero-order valence-corrected chi connectivity index (χ0v) is 25.9. The molecule has 2 N–H and O–H groups in total. The summed E-state index contributed by atoms with van der Waals surface area (Å²) >= 11 is 17.9. The second-order valence-electron chi connectivity index (χ2n) is 10.2. The van der Waals surface area contributed by atoms with Crippen molar-refractivity contribution in [2.45, 2.75) is 65.8 Å². The van der Waals surface area contributed by atoms with E-state index in [0.29, 0.717) is 52.2 Å². The van der Waals surface area contributed by atoms with Gasteiger partial charge in [0.2, 0.25) is 17.2 Å². The molecule has 1 aromatic carbocycles. The van der Waals surface area contributed by atoms with E-state index in [2.05, 4.69) is 25.6 Å². The number of rotatable bonds is 7. The molecule has 0 radical (unpaired) electrons. The summed E-state index contributed by atoms with van der Waals surface area (Å²) in [6.07, 6.45) is 4.45. The van der Waals surface area contributed by atoms with Gasteiger partial charge in [0.05, 0.1) is 12.3 Å². The van der Waals surface area contributed by atoms with Crippen molar-refractivity contribution in [3.8, 4) is 0 Å². The van der Waals surface area contributed by atoms with Gasteiger partial charge in [0.1, 0.15) is 5.03 Å². The fraction of sp³-hybridized carbons (Fsp3) is 0.429. The maximum Gasteiger partial charge on any atom is 0.349 e. The molecule has 220 valence electrons. The molecule has 0 spiro atoms. The van der Waals surface area contributed by atoms with Crippen LogP contribution in [0.25, 0.3) is 6.08 Å². The minimum absolute atomic E-state index is 0.103. The minimum atomic E-state index is -0.666. The summed E-state index contributed by atoms with van der Waals surface area (Å²) in [5.74, 6) is -0.249. The molecule has 0 bridgehead atoms. The molecule has 2 amide bonds. The Morgan fingerprint density at radius 2 is 1.63 bits per heavy atom. The van der Waals surface area contributed by atoms with Crippen LogP contribution in [0.2, 0.25) is 10.3 Å². The van der Waals surface area contributed by atoms with E-state index in [1.54, 1.807) is 25.1 Å². The summed E-state index contributed by atoms with van der Waals surface area (Å²) < 4.78 is 4.84. The van der Waals surface area contributed by atoms with Crippen molar-refractivity contribution in [3.63, 3.8) is 0 Å². The maximum absolute atomic E-state index is 12.7. The predicted molar refractivity (Wildman–Crippen MR) is 162 cm³/mol. The van der Waals surface area contributed by atoms with Crippen LogP contribution in [-0.2, 0) is 19.1 Å². The van der Waals surface area contributed by atoms with Crippen LogP contribution in [0.5, 0.6) is 0 Å². The van der Waals surface area contributed by atoms with Gasteiger partial charge in [0.15, 0.2) is 0 Å². The molecule has 10 nitrogen and oxygen atoms in total. The van der Waals surface area contributed by atoms with Crippen LogP contribution in [-0.4, -0.2) is 51.4 Å². The topological polar surface area (TPSA) is 126 Å². The largest absolute Gasteiger partial charge is 0.462 e. The summed E-state index contributed by atoms with van der Waals surface area (Å²) in [4.78, 5) is 50.3. The van der Waals surface area contributed by atoms with Crippen LogP contribution in [0.1, 0.15) is 65.9 Å². The number of esters is 1. The highest BCUT2D eigenvalue weighted by Gasteiger charge is 2.39. The number of hydrogen-bond acceptors (Lipinski definition) is 9. The molecule has 0 fully saturated rings. The molecule has 13 heteroatoms. The van der Waals surface area contributed by atoms with Crippen molar-refractivity contribution in [1.82, 2.24) is 15.0 Å². The van der Waals surface area contributed by atoms with Crippen molar-refractivity contribution in [3.05, 3.63) is 50.2 Å². The minimum Gasteiger partial charge on any atom is -0.462 e. The number of ether oxygens (including phenoxy) is 1. The standard InChI is InChI=1S/C19H17Cl2NO4.C9H16ClN5/c1-2-26-19(25)16(21)10-11-9-12(7-8-15(11)20)22-17(23)13-5-3-4-6-14(13)18(22)24;1-5-11-7-12-6(10)13-8(14-7)15-9(2,3)4/h7-10H,2-6H2,1H3;5H2,1-4H3,(H2,11,12,13,14,15)/b16-10-;. The quantitative estimate of drug-likeness (QED) is 0.205. The fourth-order valence-electron chi connectivity index (χ4n) is 4.13. The number of benzene rings is 1. The predicted octanol–water partition coefficient (Wildman–Crippen LogP) is 6.39. The molecule has 1 aliphatic carbocycles. The van der Waals surface area contributed by atoms with Gasteiger partial charge in [-0.2, -0.15) is 15.0 Å². The first-order valence-corrected chi connectivity index (χ1v) is 14.4. The van der Waals surface area contributed by atoms with Crippen LogP contribution in [0, 0.1) is 0 Å². The first-order chi connectivity index (χ1) is 19.3. The number of carbonyl (C=O) groups is 3. The van der Waals surface area contributed by atoms with Crippen molar-refractivity contribution in [1.29, 1.82) is 0 Å². The molecule has 1 aromatic heterocycles. The van der Waals surface area contributed by atoms with Crippen LogP contribution in [0.4, 0.5) is 17.6 Å². The monoisotopic (exact) mass is 622 g/mol. The Morgan fingerprint density at radius 1 is 1.02 bits per heavy atom. The molecule has 41 heavy (non-hydrogen) atoms. The van der Waals surface area contributed by atoms with Crippen LogP contribution >= 0.6 is 34.8 Å². The Hall–Kier alpha value is -3.21. The van der Waals surface area contributed by atoms with E-state index in [1.165, 1.54) is 11.0 Å². The Morgan fingerprint density at radius 3 is 2.20 bits per heavy atom. The van der Waals surface area contributed by atoms with Gasteiger partial charge in [-0.15, -0.1) is 0 Å². The number of anilines is 3. The number of hydrogen-bond donors (Lipinski definition) is 2. The van der Waals surface area contributed by atoms with E-state index >= 15 is 0 Å². The summed E-state index contributed by atoms with van der Waals surface area (Å²) in [6, 6.07) is 4.74. The van der Waals surface area contributed by atoms with Crippen LogP contribution in [0.3, 0.4) is 0 Å². The first-order valence-electron chi connectivity index (χ1n) is 13.2. The molecule has 0 saturated carbocycles. The van der Waals surface area contributed by atoms with Gasteiger partial charge in [0.25, 0.3) is 11.8 Å². The molecule has 2 heterocycles. The molecule has 2 aromatic rings. The third-order valence-corrected chi connectivity index (χ3v) is 6.59. The van der Waals surface area contributed by atoms with Crippen molar-refractivity contribution >= 4 is 76.2 Å². The number of imide groups is 1. The smallest absolute Gasteiger partial charge is 0.349 e. The van der Waals surface area contributed by atoms with Crippen molar-refractivity contribution in [2.24, 2.45) is 0 Å². The number of aromatic nitrogens is 3. The Kier molecular flexibility index (Phi) is 11.1. The summed E-state index contributed by atoms with van der Waals surface area (Å²) in [7, 11) is 0. The van der Waals surface area contributed by atoms with Gasteiger partial charge in [-0.3, -0.25) is 9.59 Å². The molecule has 2 aliphatic rings. The highest BCUT2D eigenvalue weighted by molar-refractivity contribution is 6.43. The Balaban J connectivity index is 0.000000263. The molecule has 1 aliphatic heterocycles. The van der Waals surface area contributed by atoms with E-state index in [0.717, 1.165) is 19.4 Å². The average Bonchev–Trinajstić information content (AvgIpc) is 3.14. The van der Waals surface area contributed by atoms with Gasteiger partial charge in [-0.25, -0.2) is 9.69 Å². The van der Waals surface area contributed by atoms with Gasteiger partial charge < -0.3 is 15.4 Å². The number of halogens is 3. The van der Waals surface area contributed by atoms with Gasteiger partial charge in [0, 0.05) is 28.3 Å².